The van der Waals surface area contributed by atoms with Gasteiger partial charge in [0, 0.05) is 10.8 Å². The zero-order chi connectivity index (χ0) is 23.3. The van der Waals surface area contributed by atoms with Crippen molar-refractivity contribution in [1.29, 1.82) is 0 Å². The molecule has 0 aromatic rings. The maximum absolute atomic E-state index is 12.2. The van der Waals surface area contributed by atoms with Crippen LogP contribution < -0.4 is 10.3 Å². The predicted octanol–water partition coefficient (Wildman–Crippen LogP) is 3.53. The van der Waals surface area contributed by atoms with E-state index in [1.54, 1.807) is 13.8 Å². The van der Waals surface area contributed by atoms with Crippen LogP contribution in [0.5, 0.6) is 0 Å². The summed E-state index contributed by atoms with van der Waals surface area (Å²) in [6, 6.07) is 0. The minimum atomic E-state index is -3.76. The van der Waals surface area contributed by atoms with Crippen LogP contribution in [-0.2, 0) is 24.8 Å². The summed E-state index contributed by atoms with van der Waals surface area (Å²) >= 11 is 0. The van der Waals surface area contributed by atoms with Crippen LogP contribution in [0.1, 0.15) is 93.9 Å². The normalized spacial score (nSPS) is 18.3. The molecule has 0 amide bonds. The van der Waals surface area contributed by atoms with Gasteiger partial charge in [0.15, 0.2) is 0 Å². The summed E-state index contributed by atoms with van der Waals surface area (Å²) in [7, 11) is -7.52. The maximum atomic E-state index is 12.2. The molecule has 4 N–H and O–H groups in total. The lowest BCUT2D eigenvalue weighted by Crippen LogP contribution is -2.53. The van der Waals surface area contributed by atoms with Gasteiger partial charge in [0.2, 0.25) is 20.0 Å². The number of primary sulfonamides is 2. The van der Waals surface area contributed by atoms with Gasteiger partial charge in [0.25, 0.3) is 0 Å². The fourth-order valence-electron chi connectivity index (χ4n) is 4.73. The number of hydrogen-bond acceptors (Lipinski definition) is 5. The van der Waals surface area contributed by atoms with E-state index >= 15 is 0 Å². The second kappa shape index (κ2) is 10.9. The third-order valence-corrected chi connectivity index (χ3v) is 9.75. The van der Waals surface area contributed by atoms with Crippen LogP contribution in [0.3, 0.4) is 0 Å². The van der Waals surface area contributed by atoms with E-state index in [2.05, 4.69) is 0 Å². The first kappa shape index (κ1) is 28.8. The number of hydrogen-bond donors (Lipinski definition) is 2. The number of rotatable bonds is 14. The summed E-state index contributed by atoms with van der Waals surface area (Å²) < 4.78 is 55.5. The summed E-state index contributed by atoms with van der Waals surface area (Å²) in [4.78, 5) is 0. The second-order valence-electron chi connectivity index (χ2n) is 9.31. The highest BCUT2D eigenvalue weighted by Gasteiger charge is 2.47. The van der Waals surface area contributed by atoms with Crippen LogP contribution in [0, 0.1) is 10.8 Å². The van der Waals surface area contributed by atoms with Gasteiger partial charge < -0.3 is 4.74 Å². The van der Waals surface area contributed by atoms with Crippen LogP contribution in [0.2, 0.25) is 0 Å². The van der Waals surface area contributed by atoms with Crippen molar-refractivity contribution in [3.8, 4) is 0 Å². The fourth-order valence-corrected chi connectivity index (χ4v) is 7.66. The predicted molar refractivity (Wildman–Crippen MR) is 120 cm³/mol. The molecule has 0 aliphatic heterocycles. The molecule has 0 radical (unpaired) electrons. The number of sulfonamides is 2. The average Bonchev–Trinajstić information content (AvgIpc) is 2.51. The molecule has 0 spiro atoms. The molecule has 0 aliphatic rings. The van der Waals surface area contributed by atoms with Crippen LogP contribution >= 0.6 is 0 Å². The average molecular weight is 457 g/mol. The smallest absolute Gasteiger partial charge is 0.212 e. The van der Waals surface area contributed by atoms with Gasteiger partial charge in [0.05, 0.1) is 22.7 Å². The Hall–Kier alpha value is -0.220. The third-order valence-electron chi connectivity index (χ3n) is 6.28. The Bertz CT molecular complexity index is 642. The summed E-state index contributed by atoms with van der Waals surface area (Å²) in [5, 5.41) is 9.56. The van der Waals surface area contributed by atoms with E-state index in [4.69, 9.17) is 15.0 Å². The summed E-state index contributed by atoms with van der Waals surface area (Å²) in [5.74, 6) is 0. The molecule has 7 nitrogen and oxygen atoms in total. The molecule has 176 valence electrons. The first-order chi connectivity index (χ1) is 13.0. The van der Waals surface area contributed by atoms with E-state index in [1.807, 2.05) is 41.5 Å². The van der Waals surface area contributed by atoms with Crippen molar-refractivity contribution in [1.82, 2.24) is 0 Å². The Balaban J connectivity index is 6.18. The molecule has 0 aromatic carbocycles. The highest BCUT2D eigenvalue weighted by atomic mass is 32.2. The molecular weight excluding hydrogens is 412 g/mol. The molecule has 0 saturated carbocycles. The van der Waals surface area contributed by atoms with Crippen LogP contribution in [0.4, 0.5) is 0 Å². The summed E-state index contributed by atoms with van der Waals surface area (Å²) in [5.41, 5.74) is -1.46. The van der Waals surface area contributed by atoms with Crippen molar-refractivity contribution >= 4 is 20.0 Å². The SMILES string of the molecule is CCCC(OC(CCC)C(C)(C)C(CC)S(N)(=O)=O)C(C)(C)C(CC)S(N)(=O)=O. The Morgan fingerprint density at radius 2 is 0.966 bits per heavy atom. The third kappa shape index (κ3) is 7.45. The first-order valence-corrected chi connectivity index (χ1v) is 13.9. The molecule has 0 saturated heterocycles. The molecule has 9 heteroatoms. The van der Waals surface area contributed by atoms with Gasteiger partial charge >= 0.3 is 0 Å². The highest BCUT2D eigenvalue weighted by Crippen LogP contribution is 2.41. The minimum absolute atomic E-state index is 0.381. The lowest BCUT2D eigenvalue weighted by atomic mass is 9.77. The highest BCUT2D eigenvalue weighted by molar-refractivity contribution is 7.90. The van der Waals surface area contributed by atoms with Gasteiger partial charge in [-0.3, -0.25) is 0 Å². The van der Waals surface area contributed by atoms with Crippen molar-refractivity contribution < 1.29 is 21.6 Å². The van der Waals surface area contributed by atoms with Crippen LogP contribution in [0.25, 0.3) is 0 Å². The molecule has 0 heterocycles. The fraction of sp³-hybridized carbons (Fsp3) is 1.00. The monoisotopic (exact) mass is 456 g/mol. The summed E-state index contributed by atoms with van der Waals surface area (Å²) in [6.45, 7) is 15.1. The topological polar surface area (TPSA) is 130 Å². The largest absolute Gasteiger partial charge is 0.374 e. The van der Waals surface area contributed by atoms with Gasteiger partial charge in [0.1, 0.15) is 0 Å². The zero-order valence-corrected chi connectivity index (χ0v) is 21.2. The van der Waals surface area contributed by atoms with Crippen molar-refractivity contribution in [2.75, 3.05) is 0 Å². The quantitative estimate of drug-likeness (QED) is 0.413. The van der Waals surface area contributed by atoms with Crippen molar-refractivity contribution in [2.24, 2.45) is 21.1 Å². The lowest BCUT2D eigenvalue weighted by Gasteiger charge is -2.46. The summed E-state index contributed by atoms with van der Waals surface area (Å²) in [6.07, 6.45) is 2.91. The first-order valence-electron chi connectivity index (χ1n) is 10.7. The van der Waals surface area contributed by atoms with Gasteiger partial charge in [-0.15, -0.1) is 0 Å². The van der Waals surface area contributed by atoms with E-state index in [0.717, 1.165) is 12.8 Å². The second-order valence-corrected chi connectivity index (χ2v) is 12.8. The standard InChI is InChI=1S/C20H44N2O5S2/c1-9-13-15(19(5,6)17(11-3)28(21,23)24)27-16(14-10-2)20(7,8)18(12-4)29(22,25)26/h15-18H,9-14H2,1-8H3,(H2,21,23,24)(H2,22,25,26). The zero-order valence-electron chi connectivity index (χ0n) is 19.6. The molecule has 0 bridgehead atoms. The van der Waals surface area contributed by atoms with Crippen molar-refractivity contribution in [2.45, 2.75) is 117 Å². The van der Waals surface area contributed by atoms with Gasteiger partial charge in [-0.2, -0.15) is 0 Å². The Morgan fingerprint density at radius 3 is 1.14 bits per heavy atom. The van der Waals surface area contributed by atoms with Crippen molar-refractivity contribution in [3.63, 3.8) is 0 Å². The Morgan fingerprint density at radius 1 is 0.690 bits per heavy atom. The molecule has 0 aromatic heterocycles. The molecule has 0 aliphatic carbocycles. The lowest BCUT2D eigenvalue weighted by molar-refractivity contribution is -0.122. The minimum Gasteiger partial charge on any atom is -0.374 e. The Labute approximate surface area is 179 Å². The van der Waals surface area contributed by atoms with Gasteiger partial charge in [-0.25, -0.2) is 27.1 Å². The van der Waals surface area contributed by atoms with Gasteiger partial charge in [-0.1, -0.05) is 68.2 Å². The number of ether oxygens (including phenoxy) is 1. The van der Waals surface area contributed by atoms with Crippen LogP contribution in [0.15, 0.2) is 0 Å². The Kier molecular flexibility index (Phi) is 10.8. The molecule has 29 heavy (non-hydrogen) atoms. The van der Waals surface area contributed by atoms with E-state index in [0.29, 0.717) is 25.7 Å². The maximum Gasteiger partial charge on any atom is 0.212 e. The molecular formula is C20H44N2O5S2. The van der Waals surface area contributed by atoms with E-state index in [-0.39, 0.29) is 12.2 Å². The molecule has 4 unspecified atom stereocenters. The molecule has 4 atom stereocenters. The van der Waals surface area contributed by atoms with Crippen molar-refractivity contribution in [3.05, 3.63) is 0 Å². The van der Waals surface area contributed by atoms with Crippen LogP contribution in [-0.4, -0.2) is 39.5 Å². The van der Waals surface area contributed by atoms with E-state index in [9.17, 15) is 16.8 Å². The number of nitrogens with two attached hydrogens (primary N) is 2. The molecule has 0 fully saturated rings. The van der Waals surface area contributed by atoms with E-state index in [1.165, 1.54) is 0 Å². The van der Waals surface area contributed by atoms with E-state index < -0.39 is 41.4 Å². The van der Waals surface area contributed by atoms with Gasteiger partial charge in [-0.05, 0) is 25.7 Å². The molecule has 0 rings (SSSR count).